The Hall–Kier alpha value is -0.570. The topological polar surface area (TPSA) is 32.3 Å². The number of piperidine rings is 2. The zero-order chi connectivity index (χ0) is 14.6. The molecule has 0 aromatic rings. The summed E-state index contributed by atoms with van der Waals surface area (Å²) in [6.07, 6.45) is 6.86. The third kappa shape index (κ3) is 3.97. The summed E-state index contributed by atoms with van der Waals surface area (Å²) in [5, 5.41) is 3.41. The summed E-state index contributed by atoms with van der Waals surface area (Å²) in [6, 6.07) is 0. The van der Waals surface area contributed by atoms with E-state index < -0.39 is 0 Å². The Morgan fingerprint density at radius 2 is 2.10 bits per heavy atom. The molecule has 0 aromatic carbocycles. The van der Waals surface area contributed by atoms with E-state index in [1.54, 1.807) is 0 Å². The Kier molecular flexibility index (Phi) is 5.48. The minimum absolute atomic E-state index is 0.353. The van der Waals surface area contributed by atoms with Gasteiger partial charge in [-0.25, -0.2) is 0 Å². The summed E-state index contributed by atoms with van der Waals surface area (Å²) in [5.41, 5.74) is 0.353. The van der Waals surface area contributed by atoms with E-state index in [9.17, 15) is 4.79 Å². The largest absolute Gasteiger partial charge is 0.342 e. The second-order valence-corrected chi connectivity index (χ2v) is 7.35. The zero-order valence-electron chi connectivity index (χ0n) is 13.6. The first-order chi connectivity index (χ1) is 9.54. The molecule has 2 atom stereocenters. The summed E-state index contributed by atoms with van der Waals surface area (Å²) in [7, 11) is 0. The summed E-state index contributed by atoms with van der Waals surface area (Å²) in [6.45, 7) is 11.1. The number of carbonyl (C=O) groups excluding carboxylic acids is 1. The van der Waals surface area contributed by atoms with Gasteiger partial charge in [0.15, 0.2) is 0 Å². The first kappa shape index (κ1) is 15.8. The molecule has 0 radical (unpaired) electrons. The van der Waals surface area contributed by atoms with Crippen molar-refractivity contribution in [3.8, 4) is 0 Å². The molecule has 2 heterocycles. The SMILES string of the molecule is CCC1(C)CCCN(C(=O)CC(C)C2CCNCC2)C1. The highest BCUT2D eigenvalue weighted by molar-refractivity contribution is 5.76. The molecule has 2 unspecified atom stereocenters. The van der Waals surface area contributed by atoms with Crippen LogP contribution in [0, 0.1) is 17.3 Å². The lowest BCUT2D eigenvalue weighted by atomic mass is 9.79. The fourth-order valence-corrected chi connectivity index (χ4v) is 3.80. The van der Waals surface area contributed by atoms with E-state index in [4.69, 9.17) is 0 Å². The van der Waals surface area contributed by atoms with Crippen LogP contribution in [0.25, 0.3) is 0 Å². The number of rotatable bonds is 4. The van der Waals surface area contributed by atoms with Gasteiger partial charge in [0.1, 0.15) is 0 Å². The van der Waals surface area contributed by atoms with Crippen LogP contribution in [-0.2, 0) is 4.79 Å². The smallest absolute Gasteiger partial charge is 0.222 e. The van der Waals surface area contributed by atoms with Crippen molar-refractivity contribution in [1.29, 1.82) is 0 Å². The van der Waals surface area contributed by atoms with Gasteiger partial charge in [-0.05, 0) is 62.4 Å². The second-order valence-electron chi connectivity index (χ2n) is 7.35. The van der Waals surface area contributed by atoms with Crippen molar-refractivity contribution in [3.63, 3.8) is 0 Å². The maximum absolute atomic E-state index is 12.6. The van der Waals surface area contributed by atoms with Crippen LogP contribution in [-0.4, -0.2) is 37.0 Å². The van der Waals surface area contributed by atoms with Gasteiger partial charge in [0.2, 0.25) is 5.91 Å². The van der Waals surface area contributed by atoms with Crippen molar-refractivity contribution in [3.05, 3.63) is 0 Å². The van der Waals surface area contributed by atoms with Crippen LogP contribution < -0.4 is 5.32 Å². The monoisotopic (exact) mass is 280 g/mol. The lowest BCUT2D eigenvalue weighted by Gasteiger charge is -2.40. The number of hydrogen-bond acceptors (Lipinski definition) is 2. The fraction of sp³-hybridized carbons (Fsp3) is 0.941. The van der Waals surface area contributed by atoms with Crippen molar-refractivity contribution in [2.45, 2.75) is 59.3 Å². The minimum Gasteiger partial charge on any atom is -0.342 e. The van der Waals surface area contributed by atoms with Crippen LogP contribution in [0.15, 0.2) is 0 Å². The number of likely N-dealkylation sites (tertiary alicyclic amines) is 1. The van der Waals surface area contributed by atoms with E-state index in [1.807, 2.05) is 0 Å². The number of nitrogens with zero attached hydrogens (tertiary/aromatic N) is 1. The average Bonchev–Trinajstić information content (AvgIpc) is 2.48. The lowest BCUT2D eigenvalue weighted by Crippen LogP contribution is -2.45. The molecule has 0 saturated carbocycles. The van der Waals surface area contributed by atoms with E-state index in [-0.39, 0.29) is 0 Å². The number of amides is 1. The molecule has 1 amide bonds. The second kappa shape index (κ2) is 6.93. The summed E-state index contributed by atoms with van der Waals surface area (Å²) in [4.78, 5) is 14.7. The molecule has 1 N–H and O–H groups in total. The number of nitrogens with one attached hydrogen (secondary N) is 1. The highest BCUT2D eigenvalue weighted by Crippen LogP contribution is 2.33. The van der Waals surface area contributed by atoms with Gasteiger partial charge in [-0.2, -0.15) is 0 Å². The maximum Gasteiger partial charge on any atom is 0.222 e. The third-order valence-corrected chi connectivity index (χ3v) is 5.67. The predicted octanol–water partition coefficient (Wildman–Crippen LogP) is 3.05. The maximum atomic E-state index is 12.6. The Bertz CT molecular complexity index is 325. The van der Waals surface area contributed by atoms with E-state index in [2.05, 4.69) is 31.0 Å². The van der Waals surface area contributed by atoms with Crippen LogP contribution >= 0.6 is 0 Å². The molecule has 2 rings (SSSR count). The van der Waals surface area contributed by atoms with E-state index in [1.165, 1.54) is 32.1 Å². The Morgan fingerprint density at radius 1 is 1.40 bits per heavy atom. The van der Waals surface area contributed by atoms with Gasteiger partial charge >= 0.3 is 0 Å². The molecule has 0 aliphatic carbocycles. The molecular weight excluding hydrogens is 248 g/mol. The van der Waals surface area contributed by atoms with Crippen molar-refractivity contribution in [2.75, 3.05) is 26.2 Å². The summed E-state index contributed by atoms with van der Waals surface area (Å²) in [5.74, 6) is 1.68. The van der Waals surface area contributed by atoms with Crippen LogP contribution in [0.3, 0.4) is 0 Å². The van der Waals surface area contributed by atoms with E-state index in [0.29, 0.717) is 17.2 Å². The molecule has 0 bridgehead atoms. The molecule has 2 aliphatic rings. The molecule has 3 nitrogen and oxygen atoms in total. The third-order valence-electron chi connectivity index (χ3n) is 5.67. The number of hydrogen-bond donors (Lipinski definition) is 1. The standard InChI is InChI=1S/C17H32N2O/c1-4-17(3)8-5-11-19(13-17)16(20)12-14(2)15-6-9-18-10-7-15/h14-15,18H,4-13H2,1-3H3. The first-order valence-electron chi connectivity index (χ1n) is 8.52. The van der Waals surface area contributed by atoms with Gasteiger partial charge in [0.05, 0.1) is 0 Å². The fourth-order valence-electron chi connectivity index (χ4n) is 3.80. The molecule has 0 spiro atoms. The van der Waals surface area contributed by atoms with Crippen LogP contribution in [0.4, 0.5) is 0 Å². The van der Waals surface area contributed by atoms with Gasteiger partial charge in [0.25, 0.3) is 0 Å². The minimum atomic E-state index is 0.353. The van der Waals surface area contributed by atoms with Crippen molar-refractivity contribution in [2.24, 2.45) is 17.3 Å². The molecule has 116 valence electrons. The number of carbonyl (C=O) groups is 1. The summed E-state index contributed by atoms with van der Waals surface area (Å²) < 4.78 is 0. The molecule has 20 heavy (non-hydrogen) atoms. The van der Waals surface area contributed by atoms with Crippen LogP contribution in [0.2, 0.25) is 0 Å². The van der Waals surface area contributed by atoms with Crippen LogP contribution in [0.5, 0.6) is 0 Å². The van der Waals surface area contributed by atoms with Gasteiger partial charge in [-0.15, -0.1) is 0 Å². The van der Waals surface area contributed by atoms with Crippen molar-refractivity contribution in [1.82, 2.24) is 10.2 Å². The highest BCUT2D eigenvalue weighted by atomic mass is 16.2. The summed E-state index contributed by atoms with van der Waals surface area (Å²) >= 11 is 0. The van der Waals surface area contributed by atoms with E-state index in [0.717, 1.165) is 38.5 Å². The molecular formula is C17H32N2O. The van der Waals surface area contributed by atoms with Crippen LogP contribution in [0.1, 0.15) is 59.3 Å². The van der Waals surface area contributed by atoms with Crippen molar-refractivity contribution < 1.29 is 4.79 Å². The molecule has 0 aromatic heterocycles. The Labute approximate surface area is 124 Å². The molecule has 2 saturated heterocycles. The lowest BCUT2D eigenvalue weighted by molar-refractivity contribution is -0.136. The van der Waals surface area contributed by atoms with Gasteiger partial charge in [-0.3, -0.25) is 4.79 Å². The van der Waals surface area contributed by atoms with E-state index >= 15 is 0 Å². The zero-order valence-corrected chi connectivity index (χ0v) is 13.6. The normalized spacial score (nSPS) is 30.2. The molecule has 3 heteroatoms. The quantitative estimate of drug-likeness (QED) is 0.858. The van der Waals surface area contributed by atoms with Crippen molar-refractivity contribution >= 4 is 5.91 Å². The van der Waals surface area contributed by atoms with Gasteiger partial charge in [-0.1, -0.05) is 20.8 Å². The Balaban J connectivity index is 1.84. The molecule has 2 fully saturated rings. The first-order valence-corrected chi connectivity index (χ1v) is 8.52. The van der Waals surface area contributed by atoms with Gasteiger partial charge in [0, 0.05) is 19.5 Å². The highest BCUT2D eigenvalue weighted by Gasteiger charge is 2.32. The Morgan fingerprint density at radius 3 is 2.75 bits per heavy atom. The van der Waals surface area contributed by atoms with Gasteiger partial charge < -0.3 is 10.2 Å². The molecule has 2 aliphatic heterocycles. The predicted molar refractivity (Wildman–Crippen MR) is 83.6 cm³/mol. The average molecular weight is 280 g/mol.